The van der Waals surface area contributed by atoms with Gasteiger partial charge in [-0.3, -0.25) is 9.59 Å². The minimum Gasteiger partial charge on any atom is -0.349 e. The second-order valence-corrected chi connectivity index (χ2v) is 9.80. The van der Waals surface area contributed by atoms with E-state index in [2.05, 4.69) is 10.6 Å². The first-order valence-corrected chi connectivity index (χ1v) is 9.77. The minimum absolute atomic E-state index is 0.0942. The molecular formula is C20H21ClF4N2O2. The first-order valence-electron chi connectivity index (χ1n) is 9.40. The Hall–Kier alpha value is -1.83. The Balaban J connectivity index is 1.60. The molecule has 29 heavy (non-hydrogen) atoms. The Kier molecular flexibility index (Phi) is 4.29. The van der Waals surface area contributed by atoms with E-state index < -0.39 is 64.1 Å². The zero-order valence-corrected chi connectivity index (χ0v) is 16.8. The van der Waals surface area contributed by atoms with Crippen molar-refractivity contribution in [3.05, 3.63) is 34.4 Å². The normalized spacial score (nSPS) is 33.5. The van der Waals surface area contributed by atoms with Crippen molar-refractivity contribution < 1.29 is 27.2 Å². The van der Waals surface area contributed by atoms with E-state index in [4.69, 9.17) is 11.6 Å². The lowest BCUT2D eigenvalue weighted by Gasteiger charge is -2.37. The molecule has 2 aliphatic carbocycles. The maximum Gasteiger partial charge on any atom is 0.247 e. The van der Waals surface area contributed by atoms with Crippen LogP contribution >= 0.6 is 11.6 Å². The predicted octanol–water partition coefficient (Wildman–Crippen LogP) is 3.98. The molecule has 3 aliphatic rings. The molecule has 1 aromatic rings. The number of nitrogens with one attached hydrogen (secondary N) is 2. The molecule has 2 amide bonds. The van der Waals surface area contributed by atoms with Gasteiger partial charge in [-0.15, -0.1) is 0 Å². The summed E-state index contributed by atoms with van der Waals surface area (Å²) in [6.07, 6.45) is -2.94. The summed E-state index contributed by atoms with van der Waals surface area (Å²) in [4.78, 5) is 24.5. The van der Waals surface area contributed by atoms with Crippen LogP contribution in [0.3, 0.4) is 0 Å². The molecule has 2 N–H and O–H groups in total. The first kappa shape index (κ1) is 20.4. The van der Waals surface area contributed by atoms with Crippen molar-refractivity contribution >= 4 is 23.4 Å². The van der Waals surface area contributed by atoms with E-state index >= 15 is 0 Å². The Bertz CT molecular complexity index is 918. The SMILES string of the molecule is CC(C)(C)[C@H](NC(=O)[C@@H]1C[C@]23NC(=O)C[C@]2(C(F)F)C13)c1c(F)ccc(Cl)c1F. The second-order valence-electron chi connectivity index (χ2n) is 9.39. The molecule has 158 valence electrons. The van der Waals surface area contributed by atoms with Crippen molar-refractivity contribution in [2.45, 2.75) is 51.6 Å². The molecular weight excluding hydrogens is 412 g/mol. The monoisotopic (exact) mass is 432 g/mol. The Labute approximate surface area is 170 Å². The summed E-state index contributed by atoms with van der Waals surface area (Å²) < 4.78 is 56.5. The third-order valence-electron chi connectivity index (χ3n) is 6.84. The van der Waals surface area contributed by atoms with Crippen LogP contribution in [-0.4, -0.2) is 23.8 Å². The van der Waals surface area contributed by atoms with E-state index in [-0.39, 0.29) is 23.4 Å². The fourth-order valence-electron chi connectivity index (χ4n) is 5.48. The summed E-state index contributed by atoms with van der Waals surface area (Å²) in [5.41, 5.74) is -3.68. The Morgan fingerprint density at radius 1 is 1.31 bits per heavy atom. The van der Waals surface area contributed by atoms with Gasteiger partial charge in [-0.1, -0.05) is 32.4 Å². The number of hydrogen-bond donors (Lipinski definition) is 2. The van der Waals surface area contributed by atoms with Crippen LogP contribution in [0.5, 0.6) is 0 Å². The highest BCUT2D eigenvalue weighted by Crippen LogP contribution is 2.81. The number of rotatable bonds is 4. The van der Waals surface area contributed by atoms with Crippen molar-refractivity contribution in [3.8, 4) is 0 Å². The van der Waals surface area contributed by atoms with E-state index in [1.165, 1.54) is 0 Å². The number of amides is 2. The predicted molar refractivity (Wildman–Crippen MR) is 97.2 cm³/mol. The number of hydrogen-bond acceptors (Lipinski definition) is 2. The van der Waals surface area contributed by atoms with Gasteiger partial charge in [-0.25, -0.2) is 17.6 Å². The van der Waals surface area contributed by atoms with E-state index in [1.54, 1.807) is 20.8 Å². The molecule has 1 heterocycles. The van der Waals surface area contributed by atoms with Gasteiger partial charge in [0.15, 0.2) is 0 Å². The van der Waals surface area contributed by atoms with E-state index in [0.29, 0.717) is 0 Å². The summed E-state index contributed by atoms with van der Waals surface area (Å²) >= 11 is 5.80. The van der Waals surface area contributed by atoms with Crippen LogP contribution in [0.4, 0.5) is 17.6 Å². The number of carbonyl (C=O) groups is 2. The molecule has 2 saturated carbocycles. The second kappa shape index (κ2) is 6.09. The number of fused-ring (bicyclic) bond motifs is 1. The average Bonchev–Trinajstić information content (AvgIpc) is 2.85. The maximum atomic E-state index is 14.6. The van der Waals surface area contributed by atoms with E-state index in [9.17, 15) is 27.2 Å². The molecule has 1 aromatic carbocycles. The topological polar surface area (TPSA) is 58.2 Å². The molecule has 9 heteroatoms. The molecule has 0 radical (unpaired) electrons. The molecule has 1 spiro atoms. The molecule has 5 atom stereocenters. The van der Waals surface area contributed by atoms with Gasteiger partial charge >= 0.3 is 0 Å². The van der Waals surface area contributed by atoms with Gasteiger partial charge in [0.1, 0.15) is 11.6 Å². The van der Waals surface area contributed by atoms with Gasteiger partial charge in [0.25, 0.3) is 0 Å². The molecule has 1 unspecified atom stereocenters. The summed E-state index contributed by atoms with van der Waals surface area (Å²) in [7, 11) is 0. The number of carbonyl (C=O) groups excluding carboxylic acids is 2. The van der Waals surface area contributed by atoms with Crippen LogP contribution in [0.15, 0.2) is 12.1 Å². The largest absolute Gasteiger partial charge is 0.349 e. The molecule has 3 fully saturated rings. The quantitative estimate of drug-likeness (QED) is 0.558. The van der Waals surface area contributed by atoms with Crippen molar-refractivity contribution in [1.82, 2.24) is 10.6 Å². The lowest BCUT2D eigenvalue weighted by molar-refractivity contribution is -0.133. The molecule has 0 aromatic heterocycles. The molecule has 1 saturated heterocycles. The van der Waals surface area contributed by atoms with Crippen LogP contribution in [0.25, 0.3) is 0 Å². The molecule has 4 rings (SSSR count). The fourth-order valence-corrected chi connectivity index (χ4v) is 5.65. The van der Waals surface area contributed by atoms with Crippen molar-refractivity contribution in [3.63, 3.8) is 0 Å². The zero-order valence-electron chi connectivity index (χ0n) is 16.1. The molecule has 4 nitrogen and oxygen atoms in total. The van der Waals surface area contributed by atoms with Gasteiger partial charge < -0.3 is 10.6 Å². The maximum absolute atomic E-state index is 14.6. The number of halogens is 5. The smallest absolute Gasteiger partial charge is 0.247 e. The first-order chi connectivity index (χ1) is 13.4. The van der Waals surface area contributed by atoms with Crippen LogP contribution in [0, 0.1) is 34.3 Å². The van der Waals surface area contributed by atoms with Gasteiger partial charge in [0, 0.05) is 23.8 Å². The van der Waals surface area contributed by atoms with Crippen LogP contribution < -0.4 is 10.6 Å². The standard InChI is InChI=1S/C20H21ClF4N2O2/c1-18(2,3)15(12-10(22)5-4-9(21)13(12)23)26-16(29)8-6-20-14(8)19(20,17(24)25)7-11(28)27-20/h4-5,8,14-15,17H,6-7H2,1-3H3,(H,26,29)(H,27,28)/t8-,14?,15-,19-,20-/m1/s1. The van der Waals surface area contributed by atoms with Crippen molar-refractivity contribution in [1.29, 1.82) is 0 Å². The minimum atomic E-state index is -2.73. The van der Waals surface area contributed by atoms with E-state index in [0.717, 1.165) is 12.1 Å². The number of alkyl halides is 2. The van der Waals surface area contributed by atoms with Gasteiger partial charge in [0.05, 0.1) is 22.0 Å². The number of benzene rings is 1. The third kappa shape index (κ3) is 2.57. The lowest BCUT2D eigenvalue weighted by atomic mass is 9.77. The van der Waals surface area contributed by atoms with Crippen LogP contribution in [-0.2, 0) is 9.59 Å². The van der Waals surface area contributed by atoms with Gasteiger partial charge in [-0.05, 0) is 24.0 Å². The highest BCUT2D eigenvalue weighted by molar-refractivity contribution is 6.30. The fraction of sp³-hybridized carbons (Fsp3) is 0.600. The zero-order chi connectivity index (χ0) is 21.5. The summed E-state index contributed by atoms with van der Waals surface area (Å²) in [5, 5.41) is 5.00. The van der Waals surface area contributed by atoms with E-state index in [1.807, 2.05) is 0 Å². The van der Waals surface area contributed by atoms with Gasteiger partial charge in [0.2, 0.25) is 18.2 Å². The van der Waals surface area contributed by atoms with Crippen molar-refractivity contribution in [2.75, 3.05) is 0 Å². The number of piperidine rings is 1. The third-order valence-corrected chi connectivity index (χ3v) is 7.13. The van der Waals surface area contributed by atoms with Crippen molar-refractivity contribution in [2.24, 2.45) is 22.7 Å². The van der Waals surface area contributed by atoms with Gasteiger partial charge in [-0.2, -0.15) is 0 Å². The van der Waals surface area contributed by atoms with Crippen LogP contribution in [0.2, 0.25) is 5.02 Å². The lowest BCUT2D eigenvalue weighted by Crippen LogP contribution is -2.52. The molecule has 1 aliphatic heterocycles. The highest BCUT2D eigenvalue weighted by atomic mass is 35.5. The average molecular weight is 433 g/mol. The summed E-state index contributed by atoms with van der Waals surface area (Å²) in [6, 6.07) is 1.06. The summed E-state index contributed by atoms with van der Waals surface area (Å²) in [6.45, 7) is 5.10. The molecule has 0 bridgehead atoms. The Morgan fingerprint density at radius 2 is 1.97 bits per heavy atom. The Morgan fingerprint density at radius 3 is 2.52 bits per heavy atom. The van der Waals surface area contributed by atoms with Crippen LogP contribution in [0.1, 0.15) is 45.2 Å². The summed E-state index contributed by atoms with van der Waals surface area (Å²) in [5.74, 6) is -4.21. The highest BCUT2D eigenvalue weighted by Gasteiger charge is 2.92.